The molecule has 0 aliphatic carbocycles. The lowest BCUT2D eigenvalue weighted by atomic mass is 10.1. The molecule has 1 atom stereocenters. The number of halogens is 2. The molecular formula is C15H33Cl2NO. The van der Waals surface area contributed by atoms with Crippen molar-refractivity contribution in [1.29, 1.82) is 0 Å². The summed E-state index contributed by atoms with van der Waals surface area (Å²) in [6.07, 6.45) is 7.10. The van der Waals surface area contributed by atoms with Gasteiger partial charge in [0.25, 0.3) is 0 Å². The van der Waals surface area contributed by atoms with Gasteiger partial charge in [0.2, 0.25) is 0 Å². The van der Waals surface area contributed by atoms with Crippen LogP contribution in [0.15, 0.2) is 0 Å². The summed E-state index contributed by atoms with van der Waals surface area (Å²) in [6.45, 7) is 11.2. The van der Waals surface area contributed by atoms with Gasteiger partial charge in [0.15, 0.2) is 0 Å². The van der Waals surface area contributed by atoms with Gasteiger partial charge < -0.3 is 22.0 Å². The maximum Gasteiger partial charge on any atom is 0.116 e. The topological polar surface area (TPSA) is 20.2 Å². The average Bonchev–Trinajstić information content (AvgIpc) is 2.40. The fourth-order valence-electron chi connectivity index (χ4n) is 2.59. The van der Waals surface area contributed by atoms with E-state index < -0.39 is 0 Å². The second kappa shape index (κ2) is 13.5. The lowest BCUT2D eigenvalue weighted by Gasteiger charge is -2.40. The molecule has 0 fully saturated rings. The molecule has 0 heterocycles. The summed E-state index contributed by atoms with van der Waals surface area (Å²) < 4.78 is 1.07. The van der Waals surface area contributed by atoms with Gasteiger partial charge in [-0.3, -0.25) is 0 Å². The molecule has 1 unspecified atom stereocenters. The molecule has 1 N–H and O–H groups in total. The molecule has 4 heteroatoms. The number of alkyl halides is 1. The van der Waals surface area contributed by atoms with Gasteiger partial charge in [-0.2, -0.15) is 0 Å². The number of quaternary nitrogens is 1. The van der Waals surface area contributed by atoms with Gasteiger partial charge in [0.05, 0.1) is 25.5 Å². The van der Waals surface area contributed by atoms with Gasteiger partial charge >= 0.3 is 0 Å². The molecule has 0 rings (SSSR count). The first-order valence-corrected chi connectivity index (χ1v) is 8.26. The smallest absolute Gasteiger partial charge is 0.116 e. The Bertz CT molecular complexity index is 169. The molecule has 0 aliphatic rings. The van der Waals surface area contributed by atoms with Crippen LogP contribution in [0.1, 0.15) is 59.3 Å². The summed E-state index contributed by atoms with van der Waals surface area (Å²) in [6, 6.07) is 0. The quantitative estimate of drug-likeness (QED) is 0.417. The molecule has 0 radical (unpaired) electrons. The highest BCUT2D eigenvalue weighted by Crippen LogP contribution is 2.16. The third kappa shape index (κ3) is 9.95. The van der Waals surface area contributed by atoms with E-state index in [4.69, 9.17) is 11.6 Å². The fourth-order valence-corrected chi connectivity index (χ4v) is 2.68. The van der Waals surface area contributed by atoms with Crippen LogP contribution in [0.4, 0.5) is 0 Å². The highest BCUT2D eigenvalue weighted by Gasteiger charge is 2.28. The Balaban J connectivity index is 0. The van der Waals surface area contributed by atoms with Crippen molar-refractivity contribution in [2.45, 2.75) is 65.4 Å². The van der Waals surface area contributed by atoms with Crippen LogP contribution in [0.2, 0.25) is 0 Å². The highest BCUT2D eigenvalue weighted by atomic mass is 35.5. The van der Waals surface area contributed by atoms with Crippen LogP contribution in [0, 0.1) is 0 Å². The van der Waals surface area contributed by atoms with E-state index in [0.717, 1.165) is 11.0 Å². The monoisotopic (exact) mass is 313 g/mol. The lowest BCUT2D eigenvalue weighted by Crippen LogP contribution is -3.00. The van der Waals surface area contributed by atoms with E-state index in [2.05, 4.69) is 20.8 Å². The molecule has 0 aromatic rings. The molecule has 0 saturated heterocycles. The summed E-state index contributed by atoms with van der Waals surface area (Å²) >= 11 is 5.80. The minimum absolute atomic E-state index is 0. The number of rotatable bonds is 12. The largest absolute Gasteiger partial charge is 1.00 e. The number of hydrogen-bond acceptors (Lipinski definition) is 1. The molecule has 0 amide bonds. The molecule has 0 aliphatic heterocycles. The van der Waals surface area contributed by atoms with E-state index in [1.807, 2.05) is 0 Å². The number of nitrogens with zero attached hydrogens (tertiary/aromatic N) is 1. The molecule has 0 aromatic carbocycles. The Morgan fingerprint density at radius 3 is 1.53 bits per heavy atom. The first kappa shape index (κ1) is 21.8. The van der Waals surface area contributed by atoms with Crippen LogP contribution in [-0.2, 0) is 0 Å². The Morgan fingerprint density at radius 1 is 0.895 bits per heavy atom. The maximum absolute atomic E-state index is 9.94. The number of hydrogen-bond donors (Lipinski definition) is 1. The van der Waals surface area contributed by atoms with E-state index in [9.17, 15) is 5.11 Å². The van der Waals surface area contributed by atoms with Crippen LogP contribution < -0.4 is 12.4 Å². The molecule has 118 valence electrons. The average molecular weight is 314 g/mol. The van der Waals surface area contributed by atoms with Crippen molar-refractivity contribution in [3.05, 3.63) is 0 Å². The van der Waals surface area contributed by atoms with Crippen molar-refractivity contribution in [2.24, 2.45) is 0 Å². The zero-order chi connectivity index (χ0) is 13.9. The van der Waals surface area contributed by atoms with Crippen molar-refractivity contribution in [3.8, 4) is 0 Å². The lowest BCUT2D eigenvalue weighted by molar-refractivity contribution is -0.931. The zero-order valence-electron chi connectivity index (χ0n) is 13.0. The first-order valence-electron chi connectivity index (χ1n) is 7.73. The number of aliphatic hydroxyl groups excluding tert-OH is 1. The van der Waals surface area contributed by atoms with E-state index in [-0.39, 0.29) is 18.5 Å². The Labute approximate surface area is 131 Å². The summed E-state index contributed by atoms with van der Waals surface area (Å²) in [4.78, 5) is 0. The number of aliphatic hydroxyl groups is 1. The van der Waals surface area contributed by atoms with Gasteiger partial charge in [0, 0.05) is 0 Å². The third-order valence-electron chi connectivity index (χ3n) is 3.73. The van der Waals surface area contributed by atoms with E-state index in [1.165, 1.54) is 58.2 Å². The summed E-state index contributed by atoms with van der Waals surface area (Å²) in [5.41, 5.74) is 0. The SMILES string of the molecule is CCCC[N+](CCCC)(CCCC)CC(O)CCl.[Cl-]. The molecule has 0 aromatic heterocycles. The van der Waals surface area contributed by atoms with Gasteiger partial charge in [-0.05, 0) is 19.3 Å². The zero-order valence-corrected chi connectivity index (χ0v) is 14.5. The van der Waals surface area contributed by atoms with E-state index in [0.29, 0.717) is 5.88 Å². The molecule has 19 heavy (non-hydrogen) atoms. The standard InChI is InChI=1S/C15H33ClNO.ClH/c1-4-7-10-17(11-8-5-2,12-9-6-3)14-15(18)13-16;/h15,18H,4-14H2,1-3H3;1H/q+1;/p-1. The van der Waals surface area contributed by atoms with Gasteiger partial charge in [-0.25, -0.2) is 0 Å². The molecule has 0 bridgehead atoms. The van der Waals surface area contributed by atoms with E-state index >= 15 is 0 Å². The Morgan fingerprint density at radius 2 is 1.26 bits per heavy atom. The Hall–Kier alpha value is 0.500. The summed E-state index contributed by atoms with van der Waals surface area (Å²) in [7, 11) is 0. The predicted molar refractivity (Wildman–Crippen MR) is 81.2 cm³/mol. The molecular weight excluding hydrogens is 281 g/mol. The predicted octanol–water partition coefficient (Wildman–Crippen LogP) is 0.807. The van der Waals surface area contributed by atoms with Crippen LogP contribution in [0.5, 0.6) is 0 Å². The van der Waals surface area contributed by atoms with Crippen molar-refractivity contribution in [3.63, 3.8) is 0 Å². The van der Waals surface area contributed by atoms with Crippen LogP contribution in [-0.4, -0.2) is 47.8 Å². The minimum Gasteiger partial charge on any atom is -1.00 e. The van der Waals surface area contributed by atoms with Crippen molar-refractivity contribution in [1.82, 2.24) is 0 Å². The first-order chi connectivity index (χ1) is 8.64. The maximum atomic E-state index is 9.94. The fraction of sp³-hybridized carbons (Fsp3) is 1.00. The minimum atomic E-state index is -0.350. The molecule has 2 nitrogen and oxygen atoms in total. The Kier molecular flexibility index (Phi) is 15.5. The van der Waals surface area contributed by atoms with Gasteiger partial charge in [0.1, 0.15) is 12.6 Å². The van der Waals surface area contributed by atoms with Gasteiger partial charge in [-0.1, -0.05) is 40.0 Å². The molecule has 0 saturated carbocycles. The number of unbranched alkanes of at least 4 members (excludes halogenated alkanes) is 3. The third-order valence-corrected chi connectivity index (χ3v) is 4.09. The van der Waals surface area contributed by atoms with Crippen molar-refractivity contribution < 1.29 is 22.0 Å². The summed E-state index contributed by atoms with van der Waals surface area (Å²) in [5, 5.41) is 9.94. The van der Waals surface area contributed by atoms with Gasteiger partial charge in [-0.15, -0.1) is 11.6 Å². The molecule has 0 spiro atoms. The van der Waals surface area contributed by atoms with Crippen molar-refractivity contribution >= 4 is 11.6 Å². The van der Waals surface area contributed by atoms with Crippen LogP contribution in [0.25, 0.3) is 0 Å². The van der Waals surface area contributed by atoms with Crippen molar-refractivity contribution in [2.75, 3.05) is 32.1 Å². The van der Waals surface area contributed by atoms with E-state index in [1.54, 1.807) is 0 Å². The highest BCUT2D eigenvalue weighted by molar-refractivity contribution is 6.18. The second-order valence-corrected chi connectivity index (χ2v) is 5.87. The van der Waals surface area contributed by atoms with Crippen LogP contribution in [0.3, 0.4) is 0 Å². The summed E-state index contributed by atoms with van der Waals surface area (Å²) in [5.74, 6) is 0.365. The van der Waals surface area contributed by atoms with Crippen LogP contribution >= 0.6 is 11.6 Å². The normalized spacial score (nSPS) is 13.1. The second-order valence-electron chi connectivity index (χ2n) is 5.56.